The number of benzene rings is 6. The van der Waals surface area contributed by atoms with E-state index in [1.54, 1.807) is 21.1 Å². The summed E-state index contributed by atoms with van der Waals surface area (Å²) in [5.74, 6) is 3.29. The summed E-state index contributed by atoms with van der Waals surface area (Å²) < 4.78 is 9.76. The van der Waals surface area contributed by atoms with Crippen molar-refractivity contribution in [2.75, 3.05) is 0 Å². The molecule has 0 saturated carbocycles. The standard InChI is InChI=1S/6C10H13.2ClH.Mo.2NO.2Sb/c6*1-8(2)10-6-4-9(3)5-7-10;;;;2*1-2;;/h6*4,6-8H,1-3H3;2*1H;;;;;/q;;;;;;;;+2;2*-1;;/p-2. The molecule has 69 heavy (non-hydrogen) atoms. The monoisotopic (exact) mass is 1270 g/mol. The maximum absolute atomic E-state index is 7.25. The largest absolute Gasteiger partial charge is 0.577 e. The van der Waals surface area contributed by atoms with Crippen LogP contribution in [0.4, 0.5) is 0 Å². The number of halogens is 2. The molecule has 4 nitrogen and oxygen atoms in total. The minimum atomic E-state index is -2.24. The Kier molecular flexibility index (Phi) is 27.6. The van der Waals surface area contributed by atoms with Gasteiger partial charge < -0.3 is 21.0 Å². The quantitative estimate of drug-likeness (QED) is 0.114. The summed E-state index contributed by atoms with van der Waals surface area (Å²) in [6, 6.07) is 43.5. The van der Waals surface area contributed by atoms with Crippen molar-refractivity contribution in [3.8, 4) is 0 Å². The number of hydrogen-bond acceptors (Lipinski definition) is 2. The topological polar surface area (TPSA) is 78.7 Å². The molecule has 6 aromatic rings. The van der Waals surface area contributed by atoms with E-state index in [9.17, 15) is 0 Å². The zero-order valence-corrected chi connectivity index (χ0v) is 53.3. The van der Waals surface area contributed by atoms with Crippen LogP contribution in [0.15, 0.2) is 109 Å². The van der Waals surface area contributed by atoms with Crippen LogP contribution in [0.2, 0.25) is 0 Å². The van der Waals surface area contributed by atoms with Crippen LogP contribution in [0.1, 0.15) is 185 Å². The summed E-state index contributed by atoms with van der Waals surface area (Å²) in [7, 11) is 9.79. The normalized spacial score (nSPS) is 11.1. The maximum atomic E-state index is 7.25. The first-order chi connectivity index (χ1) is 32.6. The van der Waals surface area contributed by atoms with E-state index in [2.05, 4.69) is 234 Å². The second-order valence-electron chi connectivity index (χ2n) is 19.9. The Morgan fingerprint density at radius 3 is 0.522 bits per heavy atom. The molecule has 0 amide bonds. The van der Waals surface area contributed by atoms with Gasteiger partial charge in [-0.25, -0.2) is 0 Å². The van der Waals surface area contributed by atoms with Gasteiger partial charge in [-0.15, -0.1) is 0 Å². The van der Waals surface area contributed by atoms with Crippen molar-refractivity contribution >= 4 is 80.3 Å². The van der Waals surface area contributed by atoms with E-state index in [0.29, 0.717) is 35.5 Å². The first-order valence-electron chi connectivity index (χ1n) is 24.1. The molecule has 0 saturated heterocycles. The van der Waals surface area contributed by atoms with E-state index in [1.165, 1.54) is 66.8 Å². The summed E-state index contributed by atoms with van der Waals surface area (Å²) in [5, 5.41) is 0. The van der Waals surface area contributed by atoms with Crippen molar-refractivity contribution in [2.24, 2.45) is 0 Å². The van der Waals surface area contributed by atoms with Crippen LogP contribution in [0.25, 0.3) is 11.2 Å². The second kappa shape index (κ2) is 30.5. The third-order valence-corrected chi connectivity index (χ3v) is 29.3. The van der Waals surface area contributed by atoms with E-state index < -0.39 is 56.9 Å². The van der Waals surface area contributed by atoms with Crippen molar-refractivity contribution in [1.29, 1.82) is 0 Å². The number of nitrogens with zero attached hydrogens (tertiary/aromatic N) is 2. The predicted molar refractivity (Wildman–Crippen MR) is 306 cm³/mol. The Labute approximate surface area is 449 Å². The van der Waals surface area contributed by atoms with E-state index in [-0.39, 0.29) is 0 Å². The van der Waals surface area contributed by atoms with Crippen LogP contribution in [0.5, 0.6) is 0 Å². The fourth-order valence-electron chi connectivity index (χ4n) is 8.14. The van der Waals surface area contributed by atoms with Gasteiger partial charge in [0, 0.05) is 0 Å². The number of aryl methyl sites for hydroxylation is 6. The summed E-state index contributed by atoms with van der Waals surface area (Å²) in [6.07, 6.45) is 0. The summed E-state index contributed by atoms with van der Waals surface area (Å²) in [5.41, 5.74) is 29.0. The number of rotatable bonds is 12. The third kappa shape index (κ3) is 17.3. The molecule has 0 fully saturated rings. The Morgan fingerprint density at radius 1 is 0.304 bits per heavy atom. The minimum absolute atomic E-state index is 0.549. The molecule has 372 valence electrons. The molecule has 0 unspecified atom stereocenters. The molecular formula is C60H78Cl2MoN2O2Sb2-2. The first-order valence-corrected chi connectivity index (χ1v) is 36.9. The van der Waals surface area contributed by atoms with Gasteiger partial charge in [0.2, 0.25) is 0 Å². The molecule has 0 aliphatic heterocycles. The van der Waals surface area contributed by atoms with E-state index in [1.807, 2.05) is 0 Å². The summed E-state index contributed by atoms with van der Waals surface area (Å²) >= 11 is -5.06. The second-order valence-corrected chi connectivity index (χ2v) is 35.1. The van der Waals surface area contributed by atoms with Gasteiger partial charge in [-0.3, -0.25) is 0 Å². The van der Waals surface area contributed by atoms with E-state index in [4.69, 9.17) is 39.8 Å². The van der Waals surface area contributed by atoms with Crippen LogP contribution >= 0.6 is 18.8 Å². The van der Waals surface area contributed by atoms with Gasteiger partial charge in [-0.05, 0) is 0 Å². The number of nitroso groups, excluding NO2 is 2. The molecule has 0 radical (unpaired) electrons. The molecule has 0 N–H and O–H groups in total. The molecule has 6 rings (SSSR count). The Bertz CT molecular complexity index is 2110. The average molecular weight is 1270 g/mol. The van der Waals surface area contributed by atoms with Crippen molar-refractivity contribution < 1.29 is 16.5 Å². The van der Waals surface area contributed by atoms with Crippen molar-refractivity contribution in [3.63, 3.8) is 0 Å². The maximum Gasteiger partial charge on any atom is -0.423 e. The minimum Gasteiger partial charge on any atom is -0.577 e. The molecule has 0 spiro atoms. The average Bonchev–Trinajstić information content (AvgIpc) is 3.31. The summed E-state index contributed by atoms with van der Waals surface area (Å²) in [4.78, 5) is 14.5. The smallest absolute Gasteiger partial charge is 0.423 e. The van der Waals surface area contributed by atoms with Gasteiger partial charge in [-0.1, -0.05) is 0 Å². The van der Waals surface area contributed by atoms with Gasteiger partial charge >= 0.3 is 433 Å². The molecule has 6 aromatic carbocycles. The molecule has 0 aromatic heterocycles. The van der Waals surface area contributed by atoms with E-state index in [0.717, 1.165) is 0 Å². The zero-order chi connectivity index (χ0) is 52.4. The van der Waals surface area contributed by atoms with E-state index >= 15 is 0 Å². The SMILES string of the molecule is Cc1ccc(C(C)C)c[c]1[Sb]([c]1cc(C(C)C)ccc1C)[c]1cc(C(C)C)ccc1C.Cc1ccc(C(C)C)c[c]1[Sb]([c]1cc(C(C)C)ccc1C)[c]1cc(C(C)C)ccc1C.[Cl][Mo][Cl].[N-]=O.[N-]=O. The molecule has 0 aliphatic rings. The van der Waals surface area contributed by atoms with Gasteiger partial charge in [0.25, 0.3) is 0 Å². The predicted octanol–water partition coefficient (Wildman–Crippen LogP) is 15.0. The van der Waals surface area contributed by atoms with Crippen LogP contribution in [-0.2, 0) is 16.5 Å². The summed E-state index contributed by atoms with van der Waals surface area (Å²) in [6.45, 7) is 41.6. The Balaban J connectivity index is 0.000000419. The molecule has 0 bridgehead atoms. The fourth-order valence-corrected chi connectivity index (χ4v) is 24.7. The van der Waals surface area contributed by atoms with Crippen molar-refractivity contribution in [3.05, 3.63) is 197 Å². The Hall–Kier alpha value is -2.58. The van der Waals surface area contributed by atoms with Gasteiger partial charge in [0.05, 0.1) is 0 Å². The molecule has 0 heterocycles. The zero-order valence-electron chi connectivity index (χ0n) is 44.6. The van der Waals surface area contributed by atoms with Gasteiger partial charge in [0.1, 0.15) is 0 Å². The van der Waals surface area contributed by atoms with Gasteiger partial charge in [0.15, 0.2) is 0 Å². The molecule has 0 aliphatic carbocycles. The van der Waals surface area contributed by atoms with Crippen LogP contribution in [0, 0.1) is 51.4 Å². The van der Waals surface area contributed by atoms with Crippen LogP contribution < -0.4 is 21.1 Å². The van der Waals surface area contributed by atoms with Gasteiger partial charge in [-0.2, -0.15) is 0 Å². The molecule has 9 heteroatoms. The molecule has 0 atom stereocenters. The molecular weight excluding hydrogens is 1190 g/mol. The number of hydrogen-bond donors (Lipinski definition) is 0. The first kappa shape index (κ1) is 62.5. The third-order valence-electron chi connectivity index (χ3n) is 12.8. The fraction of sp³-hybridized carbons (Fsp3) is 0.400. The Morgan fingerprint density at radius 2 is 0.420 bits per heavy atom. The van der Waals surface area contributed by atoms with Crippen LogP contribution in [-0.4, -0.2) is 40.4 Å². The van der Waals surface area contributed by atoms with Crippen molar-refractivity contribution in [1.82, 2.24) is 0 Å². The van der Waals surface area contributed by atoms with Crippen molar-refractivity contribution in [2.45, 2.75) is 160 Å². The van der Waals surface area contributed by atoms with Crippen LogP contribution in [0.3, 0.4) is 0 Å².